The third-order valence-electron chi connectivity index (χ3n) is 3.10. The molecule has 0 aliphatic carbocycles. The second-order valence-corrected chi connectivity index (χ2v) is 4.49. The molecule has 106 valence electrons. The topological polar surface area (TPSA) is 80.4 Å². The molecule has 0 amide bonds. The van der Waals surface area contributed by atoms with Crippen molar-refractivity contribution in [3.63, 3.8) is 0 Å². The monoisotopic (exact) mass is 283 g/mol. The third kappa shape index (κ3) is 3.14. The van der Waals surface area contributed by atoms with Gasteiger partial charge in [0.05, 0.1) is 16.1 Å². The van der Waals surface area contributed by atoms with Crippen molar-refractivity contribution in [2.75, 3.05) is 0 Å². The van der Waals surface area contributed by atoms with Crippen molar-refractivity contribution in [3.05, 3.63) is 75.3 Å². The van der Waals surface area contributed by atoms with E-state index in [4.69, 9.17) is 0 Å². The zero-order valence-electron chi connectivity index (χ0n) is 11.3. The van der Waals surface area contributed by atoms with Gasteiger partial charge in [-0.25, -0.2) is 4.79 Å². The summed E-state index contributed by atoms with van der Waals surface area (Å²) in [6, 6.07) is 13.1. The Morgan fingerprint density at radius 1 is 1.14 bits per heavy atom. The molecule has 0 heterocycles. The van der Waals surface area contributed by atoms with Gasteiger partial charge in [-0.2, -0.15) is 0 Å². The standard InChI is InChI=1S/C16H13NO4/c1-11-6-2-4-8-13(11)14(16(18)19)10-12-7-3-5-9-15(12)17(20)21/h2-10H,1H3,(H,18,19)/b14-10+. The van der Waals surface area contributed by atoms with E-state index >= 15 is 0 Å². The number of para-hydroxylation sites is 1. The highest BCUT2D eigenvalue weighted by Crippen LogP contribution is 2.26. The maximum absolute atomic E-state index is 11.5. The molecule has 0 radical (unpaired) electrons. The zero-order chi connectivity index (χ0) is 15.4. The van der Waals surface area contributed by atoms with Crippen LogP contribution in [0.1, 0.15) is 16.7 Å². The lowest BCUT2D eigenvalue weighted by molar-refractivity contribution is -0.385. The number of aliphatic carboxylic acids is 1. The van der Waals surface area contributed by atoms with E-state index in [0.29, 0.717) is 5.56 Å². The average molecular weight is 283 g/mol. The van der Waals surface area contributed by atoms with Crippen LogP contribution in [0.4, 0.5) is 5.69 Å². The minimum absolute atomic E-state index is 0.0300. The number of aryl methyl sites for hydroxylation is 1. The summed E-state index contributed by atoms with van der Waals surface area (Å²) in [6.07, 6.45) is 1.34. The summed E-state index contributed by atoms with van der Waals surface area (Å²) in [5.74, 6) is -1.12. The van der Waals surface area contributed by atoms with E-state index in [9.17, 15) is 20.0 Å². The summed E-state index contributed by atoms with van der Waals surface area (Å²) in [5, 5.41) is 20.4. The Balaban J connectivity index is 2.62. The van der Waals surface area contributed by atoms with Gasteiger partial charge in [0.1, 0.15) is 0 Å². The summed E-state index contributed by atoms with van der Waals surface area (Å²) in [4.78, 5) is 22.0. The van der Waals surface area contributed by atoms with Crippen molar-refractivity contribution >= 4 is 23.3 Å². The van der Waals surface area contributed by atoms with Crippen LogP contribution in [-0.2, 0) is 4.79 Å². The molecule has 5 heteroatoms. The van der Waals surface area contributed by atoms with Crippen molar-refractivity contribution in [1.82, 2.24) is 0 Å². The number of nitrogens with zero attached hydrogens (tertiary/aromatic N) is 1. The molecule has 0 spiro atoms. The molecule has 0 saturated carbocycles. The maximum Gasteiger partial charge on any atom is 0.336 e. The highest BCUT2D eigenvalue weighted by molar-refractivity contribution is 6.21. The first-order valence-electron chi connectivity index (χ1n) is 6.25. The van der Waals surface area contributed by atoms with Crippen molar-refractivity contribution in [3.8, 4) is 0 Å². The van der Waals surface area contributed by atoms with E-state index in [0.717, 1.165) is 5.56 Å². The van der Waals surface area contributed by atoms with Gasteiger partial charge in [-0.1, -0.05) is 36.4 Å². The molecule has 0 aliphatic heterocycles. The molecule has 0 bridgehead atoms. The second-order valence-electron chi connectivity index (χ2n) is 4.49. The van der Waals surface area contributed by atoms with Crippen LogP contribution in [0.3, 0.4) is 0 Å². The highest BCUT2D eigenvalue weighted by atomic mass is 16.6. The van der Waals surface area contributed by atoms with Crippen LogP contribution in [0.15, 0.2) is 48.5 Å². The van der Waals surface area contributed by atoms with Gasteiger partial charge < -0.3 is 5.11 Å². The SMILES string of the molecule is Cc1ccccc1/C(=C\c1ccccc1[N+](=O)[O-])C(=O)O. The second kappa shape index (κ2) is 6.00. The van der Waals surface area contributed by atoms with Crippen molar-refractivity contribution < 1.29 is 14.8 Å². The van der Waals surface area contributed by atoms with Gasteiger partial charge in [0, 0.05) is 6.07 Å². The summed E-state index contributed by atoms with van der Waals surface area (Å²) in [5.41, 5.74) is 1.52. The molecule has 2 aromatic rings. The minimum atomic E-state index is -1.12. The van der Waals surface area contributed by atoms with Crippen LogP contribution in [0.2, 0.25) is 0 Å². The number of rotatable bonds is 4. The van der Waals surface area contributed by atoms with E-state index in [1.807, 2.05) is 6.07 Å². The van der Waals surface area contributed by atoms with Crippen LogP contribution >= 0.6 is 0 Å². The number of nitro benzene ring substituents is 1. The fourth-order valence-corrected chi connectivity index (χ4v) is 2.06. The Kier molecular flexibility index (Phi) is 4.13. The van der Waals surface area contributed by atoms with Crippen molar-refractivity contribution in [2.24, 2.45) is 0 Å². The molecule has 1 N–H and O–H groups in total. The van der Waals surface area contributed by atoms with Crippen molar-refractivity contribution in [1.29, 1.82) is 0 Å². The number of carboxylic acid groups (broad SMARTS) is 1. The lowest BCUT2D eigenvalue weighted by Crippen LogP contribution is -2.02. The number of carboxylic acids is 1. The Morgan fingerprint density at radius 2 is 1.76 bits per heavy atom. The molecule has 0 saturated heterocycles. The van der Waals surface area contributed by atoms with Crippen LogP contribution in [0, 0.1) is 17.0 Å². The average Bonchev–Trinajstić information content (AvgIpc) is 2.45. The summed E-state index contributed by atoms with van der Waals surface area (Å²) in [7, 11) is 0. The van der Waals surface area contributed by atoms with E-state index in [1.54, 1.807) is 37.3 Å². The van der Waals surface area contributed by atoms with Crippen LogP contribution in [0.25, 0.3) is 11.6 Å². The highest BCUT2D eigenvalue weighted by Gasteiger charge is 2.16. The Labute approximate surface area is 121 Å². The smallest absolute Gasteiger partial charge is 0.336 e. The predicted octanol–water partition coefficient (Wildman–Crippen LogP) is 3.53. The van der Waals surface area contributed by atoms with E-state index in [2.05, 4.69) is 0 Å². The summed E-state index contributed by atoms with van der Waals surface area (Å²) < 4.78 is 0. The first-order valence-corrected chi connectivity index (χ1v) is 6.25. The van der Waals surface area contributed by atoms with Crippen molar-refractivity contribution in [2.45, 2.75) is 6.92 Å². The molecule has 0 aromatic heterocycles. The third-order valence-corrected chi connectivity index (χ3v) is 3.10. The maximum atomic E-state index is 11.5. The molecule has 2 aromatic carbocycles. The van der Waals surface area contributed by atoms with Gasteiger partial charge >= 0.3 is 5.97 Å². The molecule has 0 fully saturated rings. The first kappa shape index (κ1) is 14.5. The molecular formula is C16H13NO4. The summed E-state index contributed by atoms with van der Waals surface area (Å²) >= 11 is 0. The first-order chi connectivity index (χ1) is 10.0. The van der Waals surface area contributed by atoms with Crippen LogP contribution in [-0.4, -0.2) is 16.0 Å². The number of benzene rings is 2. The molecule has 0 aliphatic rings. The fourth-order valence-electron chi connectivity index (χ4n) is 2.06. The van der Waals surface area contributed by atoms with Gasteiger partial charge in [0.15, 0.2) is 0 Å². The fraction of sp³-hybridized carbons (Fsp3) is 0.0625. The molecule has 0 unspecified atom stereocenters. The zero-order valence-corrected chi connectivity index (χ0v) is 11.3. The van der Waals surface area contributed by atoms with Gasteiger partial charge in [0.25, 0.3) is 5.69 Å². The van der Waals surface area contributed by atoms with Gasteiger partial charge in [-0.15, -0.1) is 0 Å². The quantitative estimate of drug-likeness (QED) is 0.403. The number of carbonyl (C=O) groups is 1. The molecule has 5 nitrogen and oxygen atoms in total. The van der Waals surface area contributed by atoms with Gasteiger partial charge in [0.2, 0.25) is 0 Å². The molecular weight excluding hydrogens is 270 g/mol. The summed E-state index contributed by atoms with van der Waals surface area (Å²) in [6.45, 7) is 1.80. The normalized spacial score (nSPS) is 11.2. The lowest BCUT2D eigenvalue weighted by Gasteiger charge is -2.07. The largest absolute Gasteiger partial charge is 0.478 e. The van der Waals surface area contributed by atoms with E-state index < -0.39 is 10.9 Å². The van der Waals surface area contributed by atoms with Crippen LogP contribution < -0.4 is 0 Å². The van der Waals surface area contributed by atoms with Crippen LogP contribution in [0.5, 0.6) is 0 Å². The number of hydrogen-bond acceptors (Lipinski definition) is 3. The van der Waals surface area contributed by atoms with E-state index in [-0.39, 0.29) is 16.8 Å². The van der Waals surface area contributed by atoms with E-state index in [1.165, 1.54) is 18.2 Å². The molecule has 2 rings (SSSR count). The Hall–Kier alpha value is -2.95. The predicted molar refractivity (Wildman–Crippen MR) is 79.8 cm³/mol. The minimum Gasteiger partial charge on any atom is -0.478 e. The lowest BCUT2D eigenvalue weighted by atomic mass is 9.98. The number of nitro groups is 1. The molecule has 21 heavy (non-hydrogen) atoms. The van der Waals surface area contributed by atoms with Gasteiger partial charge in [-0.05, 0) is 30.2 Å². The van der Waals surface area contributed by atoms with Gasteiger partial charge in [-0.3, -0.25) is 10.1 Å². The number of hydrogen-bond donors (Lipinski definition) is 1. The Bertz CT molecular complexity index is 735. The molecule has 0 atom stereocenters. The Morgan fingerprint density at radius 3 is 2.38 bits per heavy atom.